The number of carbonyl (C=O) groups excluding carboxylic acids is 3. The van der Waals surface area contributed by atoms with Gasteiger partial charge in [0.15, 0.2) is 0 Å². The molecular formula is C28H45N3O4. The molecule has 35 heavy (non-hydrogen) atoms. The van der Waals surface area contributed by atoms with E-state index in [2.05, 4.69) is 24.5 Å². The number of alkyl carbamates (subject to hydrolysis) is 1. The molecule has 1 aromatic carbocycles. The number of ether oxygens (including phenoxy) is 1. The number of benzene rings is 1. The van der Waals surface area contributed by atoms with Crippen molar-refractivity contribution in [1.82, 2.24) is 15.5 Å². The van der Waals surface area contributed by atoms with Crippen LogP contribution in [0.5, 0.6) is 0 Å². The fourth-order valence-corrected chi connectivity index (χ4v) is 4.32. The Balaban J connectivity index is 2.49. The van der Waals surface area contributed by atoms with Crippen LogP contribution in [0.25, 0.3) is 0 Å². The van der Waals surface area contributed by atoms with Gasteiger partial charge in [0.2, 0.25) is 11.8 Å². The van der Waals surface area contributed by atoms with Crippen molar-refractivity contribution in [3.63, 3.8) is 0 Å². The van der Waals surface area contributed by atoms with Gasteiger partial charge in [-0.25, -0.2) is 4.79 Å². The van der Waals surface area contributed by atoms with E-state index >= 15 is 0 Å². The fraction of sp³-hybridized carbons (Fsp3) is 0.679. The summed E-state index contributed by atoms with van der Waals surface area (Å²) >= 11 is 0. The van der Waals surface area contributed by atoms with Gasteiger partial charge in [0, 0.05) is 12.6 Å². The number of unbranched alkanes of at least 4 members (excludes halogenated alkanes) is 1. The Hall–Kier alpha value is -2.57. The maximum atomic E-state index is 14.1. The monoisotopic (exact) mass is 487 g/mol. The highest BCUT2D eigenvalue weighted by Gasteiger charge is 2.48. The Morgan fingerprint density at radius 1 is 1.17 bits per heavy atom. The summed E-state index contributed by atoms with van der Waals surface area (Å²) in [5.74, 6) is -0.340. The van der Waals surface area contributed by atoms with E-state index in [1.165, 1.54) is 0 Å². The van der Waals surface area contributed by atoms with Crippen LogP contribution in [0.2, 0.25) is 0 Å². The van der Waals surface area contributed by atoms with Crippen LogP contribution >= 0.6 is 0 Å². The van der Waals surface area contributed by atoms with Crippen LogP contribution in [-0.4, -0.2) is 47.0 Å². The van der Waals surface area contributed by atoms with E-state index in [1.807, 2.05) is 45.9 Å². The molecule has 0 heterocycles. The van der Waals surface area contributed by atoms with Crippen molar-refractivity contribution in [2.45, 2.75) is 105 Å². The summed E-state index contributed by atoms with van der Waals surface area (Å²) in [6.07, 6.45) is 2.02. The molecule has 0 saturated heterocycles. The number of nitrogens with one attached hydrogen (secondary N) is 2. The molecular weight excluding hydrogens is 442 g/mol. The largest absolute Gasteiger partial charge is 0.444 e. The molecule has 1 fully saturated rings. The topological polar surface area (TPSA) is 87.7 Å². The highest BCUT2D eigenvalue weighted by Crippen LogP contribution is 2.41. The molecule has 3 amide bonds. The first kappa shape index (κ1) is 28.7. The number of hydrogen-bond acceptors (Lipinski definition) is 4. The highest BCUT2D eigenvalue weighted by atomic mass is 16.6. The van der Waals surface area contributed by atoms with Gasteiger partial charge in [-0.05, 0) is 70.4 Å². The van der Waals surface area contributed by atoms with Crippen molar-refractivity contribution in [1.29, 1.82) is 0 Å². The molecule has 0 spiro atoms. The number of amides is 3. The summed E-state index contributed by atoms with van der Waals surface area (Å²) in [6.45, 7) is 17.8. The minimum atomic E-state index is -0.811. The Morgan fingerprint density at radius 2 is 1.80 bits per heavy atom. The Kier molecular flexibility index (Phi) is 9.76. The maximum absolute atomic E-state index is 14.1. The minimum Gasteiger partial charge on any atom is -0.444 e. The van der Waals surface area contributed by atoms with Crippen LogP contribution < -0.4 is 10.6 Å². The third-order valence-electron chi connectivity index (χ3n) is 6.36. The van der Waals surface area contributed by atoms with Crippen LogP contribution in [0.1, 0.15) is 90.5 Å². The molecule has 1 saturated carbocycles. The van der Waals surface area contributed by atoms with Crippen molar-refractivity contribution >= 4 is 17.9 Å². The lowest BCUT2D eigenvalue weighted by atomic mass is 9.94. The van der Waals surface area contributed by atoms with Gasteiger partial charge in [-0.1, -0.05) is 57.9 Å². The summed E-state index contributed by atoms with van der Waals surface area (Å²) in [7, 11) is 0. The first-order valence-electron chi connectivity index (χ1n) is 12.9. The van der Waals surface area contributed by atoms with Crippen LogP contribution in [0, 0.1) is 25.7 Å². The molecule has 2 N–H and O–H groups in total. The Morgan fingerprint density at radius 3 is 2.29 bits per heavy atom. The van der Waals surface area contributed by atoms with Crippen molar-refractivity contribution in [2.24, 2.45) is 11.8 Å². The Labute approximate surface area is 211 Å². The maximum Gasteiger partial charge on any atom is 0.408 e. The van der Waals surface area contributed by atoms with Crippen LogP contribution in [0.4, 0.5) is 4.79 Å². The number of nitrogens with zero attached hydrogens (tertiary/aromatic N) is 1. The molecule has 1 aromatic rings. The summed E-state index contributed by atoms with van der Waals surface area (Å²) in [4.78, 5) is 42.1. The van der Waals surface area contributed by atoms with E-state index in [9.17, 15) is 14.4 Å². The first-order chi connectivity index (χ1) is 16.3. The molecule has 1 aliphatic carbocycles. The fourth-order valence-electron chi connectivity index (χ4n) is 4.32. The summed E-state index contributed by atoms with van der Waals surface area (Å²) in [5.41, 5.74) is 2.20. The minimum absolute atomic E-state index is 0.0631. The third-order valence-corrected chi connectivity index (χ3v) is 6.36. The predicted octanol–water partition coefficient (Wildman–Crippen LogP) is 5.05. The standard InChI is InChI=1S/C28H45N3O4/c1-10-11-14-29-25(32)24(21-13-12-18(4)15-19(21)5)31(22-16-20(22)6)26(33)23(17(2)3)30-27(34)35-28(7,8)9/h12-13,15,17,20,22-24H,10-11,14,16H2,1-9H3,(H,29,32)(H,30,34). The summed E-state index contributed by atoms with van der Waals surface area (Å²) < 4.78 is 5.44. The zero-order valence-corrected chi connectivity index (χ0v) is 23.0. The first-order valence-corrected chi connectivity index (χ1v) is 12.9. The van der Waals surface area contributed by atoms with E-state index in [0.717, 1.165) is 36.0 Å². The van der Waals surface area contributed by atoms with E-state index < -0.39 is 23.8 Å². The van der Waals surface area contributed by atoms with E-state index in [-0.39, 0.29) is 29.7 Å². The number of rotatable bonds is 10. The average molecular weight is 488 g/mol. The molecule has 196 valence electrons. The zero-order valence-electron chi connectivity index (χ0n) is 23.0. The van der Waals surface area contributed by atoms with Crippen molar-refractivity contribution in [2.75, 3.05) is 6.54 Å². The predicted molar refractivity (Wildman–Crippen MR) is 139 cm³/mol. The van der Waals surface area contributed by atoms with Crippen molar-refractivity contribution in [3.8, 4) is 0 Å². The van der Waals surface area contributed by atoms with Gasteiger partial charge in [-0.15, -0.1) is 0 Å². The highest BCUT2D eigenvalue weighted by molar-refractivity contribution is 5.93. The van der Waals surface area contributed by atoms with Crippen LogP contribution in [-0.2, 0) is 14.3 Å². The molecule has 0 aliphatic heterocycles. The van der Waals surface area contributed by atoms with Gasteiger partial charge >= 0.3 is 6.09 Å². The number of hydrogen-bond donors (Lipinski definition) is 2. The molecule has 0 radical (unpaired) electrons. The van der Waals surface area contributed by atoms with Crippen molar-refractivity contribution in [3.05, 3.63) is 34.9 Å². The van der Waals surface area contributed by atoms with Gasteiger partial charge in [-0.2, -0.15) is 0 Å². The quantitative estimate of drug-likeness (QED) is 0.452. The lowest BCUT2D eigenvalue weighted by Gasteiger charge is -2.36. The molecule has 2 rings (SSSR count). The van der Waals surface area contributed by atoms with Gasteiger partial charge in [-0.3, -0.25) is 9.59 Å². The molecule has 1 aliphatic rings. The van der Waals surface area contributed by atoms with Crippen LogP contribution in [0.15, 0.2) is 18.2 Å². The third kappa shape index (κ3) is 7.97. The van der Waals surface area contributed by atoms with E-state index in [4.69, 9.17) is 4.74 Å². The number of aryl methyl sites for hydroxylation is 2. The number of carbonyl (C=O) groups is 3. The second kappa shape index (κ2) is 11.9. The summed E-state index contributed by atoms with van der Waals surface area (Å²) in [5, 5.41) is 5.84. The molecule has 0 bridgehead atoms. The Bertz CT molecular complexity index is 906. The average Bonchev–Trinajstić information content (AvgIpc) is 3.44. The second-order valence-corrected chi connectivity index (χ2v) is 11.3. The van der Waals surface area contributed by atoms with Crippen molar-refractivity contribution < 1.29 is 19.1 Å². The smallest absolute Gasteiger partial charge is 0.408 e. The van der Waals surface area contributed by atoms with Gasteiger partial charge < -0.3 is 20.3 Å². The lowest BCUT2D eigenvalue weighted by molar-refractivity contribution is -0.144. The summed E-state index contributed by atoms with van der Waals surface area (Å²) in [6, 6.07) is 4.33. The molecule has 4 atom stereocenters. The van der Waals surface area contributed by atoms with Crippen LogP contribution in [0.3, 0.4) is 0 Å². The van der Waals surface area contributed by atoms with Gasteiger partial charge in [0.05, 0.1) is 0 Å². The normalized spacial score (nSPS) is 19.0. The SMILES string of the molecule is CCCCNC(=O)C(c1ccc(C)cc1C)N(C(=O)C(NC(=O)OC(C)(C)C)C(C)C)C1CC1C. The zero-order chi connectivity index (χ0) is 26.5. The van der Waals surface area contributed by atoms with E-state index in [0.29, 0.717) is 6.54 Å². The molecule has 7 nitrogen and oxygen atoms in total. The van der Waals surface area contributed by atoms with Gasteiger partial charge in [0.25, 0.3) is 0 Å². The van der Waals surface area contributed by atoms with E-state index in [1.54, 1.807) is 25.7 Å². The molecule has 4 unspecified atom stereocenters. The van der Waals surface area contributed by atoms with Gasteiger partial charge in [0.1, 0.15) is 17.7 Å². The second-order valence-electron chi connectivity index (χ2n) is 11.3. The molecule has 0 aromatic heterocycles. The lowest BCUT2D eigenvalue weighted by Crippen LogP contribution is -2.56. The molecule has 7 heteroatoms.